The van der Waals surface area contributed by atoms with Crippen LogP contribution in [0.4, 0.5) is 0 Å². The minimum Gasteiger partial charge on any atom is -0.497 e. The van der Waals surface area contributed by atoms with Gasteiger partial charge in [-0.2, -0.15) is 0 Å². The zero-order chi connectivity index (χ0) is 15.9. The van der Waals surface area contributed by atoms with Gasteiger partial charge in [-0.05, 0) is 44.4 Å². The van der Waals surface area contributed by atoms with E-state index in [1.165, 1.54) is 0 Å². The van der Waals surface area contributed by atoms with E-state index in [2.05, 4.69) is 10.5 Å². The van der Waals surface area contributed by atoms with Crippen LogP contribution in [0, 0.1) is 13.8 Å². The molecular formula is C17H22N2O3. The summed E-state index contributed by atoms with van der Waals surface area (Å²) in [7, 11) is 1.64. The third-order valence-electron chi connectivity index (χ3n) is 3.68. The fourth-order valence-corrected chi connectivity index (χ4v) is 2.32. The highest BCUT2D eigenvalue weighted by molar-refractivity contribution is 5.76. The summed E-state index contributed by atoms with van der Waals surface area (Å²) >= 11 is 0. The molecule has 0 bridgehead atoms. The molecule has 1 N–H and O–H groups in total. The van der Waals surface area contributed by atoms with Gasteiger partial charge in [0, 0.05) is 18.5 Å². The van der Waals surface area contributed by atoms with Crippen LogP contribution in [0.3, 0.4) is 0 Å². The van der Waals surface area contributed by atoms with Crippen LogP contribution in [0.15, 0.2) is 28.8 Å². The quantitative estimate of drug-likeness (QED) is 0.854. The van der Waals surface area contributed by atoms with Crippen LogP contribution in [0.25, 0.3) is 0 Å². The second-order valence-corrected chi connectivity index (χ2v) is 5.25. The highest BCUT2D eigenvalue weighted by atomic mass is 16.5. The van der Waals surface area contributed by atoms with Crippen LogP contribution in [0.2, 0.25) is 0 Å². The number of nitrogens with one attached hydrogen (secondary N) is 1. The average Bonchev–Trinajstić information content (AvgIpc) is 2.85. The Hall–Kier alpha value is -2.30. The lowest BCUT2D eigenvalue weighted by Crippen LogP contribution is -2.26. The van der Waals surface area contributed by atoms with Crippen LogP contribution >= 0.6 is 0 Å². The Balaban J connectivity index is 1.71. The molecule has 0 aliphatic heterocycles. The Morgan fingerprint density at radius 3 is 2.55 bits per heavy atom. The van der Waals surface area contributed by atoms with Gasteiger partial charge in [-0.1, -0.05) is 17.3 Å². The molecule has 0 radical (unpaired) electrons. The largest absolute Gasteiger partial charge is 0.497 e. The van der Waals surface area contributed by atoms with Crippen LogP contribution < -0.4 is 10.1 Å². The van der Waals surface area contributed by atoms with Crippen molar-refractivity contribution in [1.29, 1.82) is 0 Å². The average molecular weight is 302 g/mol. The fourth-order valence-electron chi connectivity index (χ4n) is 2.32. The molecule has 0 saturated heterocycles. The smallest absolute Gasteiger partial charge is 0.220 e. The van der Waals surface area contributed by atoms with E-state index in [1.54, 1.807) is 7.11 Å². The van der Waals surface area contributed by atoms with Crippen molar-refractivity contribution in [2.75, 3.05) is 13.7 Å². The first-order valence-electron chi connectivity index (χ1n) is 7.41. The van der Waals surface area contributed by atoms with Crippen molar-refractivity contribution in [3.63, 3.8) is 0 Å². The number of methoxy groups -OCH3 is 1. The first-order chi connectivity index (χ1) is 10.6. The summed E-state index contributed by atoms with van der Waals surface area (Å²) in [5, 5.41) is 6.84. The van der Waals surface area contributed by atoms with Crippen LogP contribution in [-0.2, 0) is 17.6 Å². The lowest BCUT2D eigenvalue weighted by atomic mass is 10.1. The van der Waals surface area contributed by atoms with Gasteiger partial charge in [-0.25, -0.2) is 0 Å². The molecule has 5 heteroatoms. The van der Waals surface area contributed by atoms with Crippen molar-refractivity contribution in [3.8, 4) is 5.75 Å². The normalized spacial score (nSPS) is 10.5. The van der Waals surface area contributed by atoms with Gasteiger partial charge in [0.05, 0.1) is 12.8 Å². The number of ether oxygens (including phenoxy) is 1. The van der Waals surface area contributed by atoms with E-state index >= 15 is 0 Å². The molecule has 0 fully saturated rings. The highest BCUT2D eigenvalue weighted by Crippen LogP contribution is 2.13. The van der Waals surface area contributed by atoms with Gasteiger partial charge in [0.25, 0.3) is 0 Å². The van der Waals surface area contributed by atoms with E-state index in [-0.39, 0.29) is 5.91 Å². The topological polar surface area (TPSA) is 64.4 Å². The molecule has 22 heavy (non-hydrogen) atoms. The van der Waals surface area contributed by atoms with Gasteiger partial charge in [-0.3, -0.25) is 4.79 Å². The first kappa shape index (κ1) is 16.1. The third kappa shape index (κ3) is 4.35. The van der Waals surface area contributed by atoms with Crippen LogP contribution in [0.1, 0.15) is 29.0 Å². The maximum Gasteiger partial charge on any atom is 0.220 e. The van der Waals surface area contributed by atoms with Gasteiger partial charge < -0.3 is 14.6 Å². The first-order valence-corrected chi connectivity index (χ1v) is 7.41. The number of nitrogens with zero attached hydrogens (tertiary/aromatic N) is 1. The van der Waals surface area contributed by atoms with Gasteiger partial charge in [0.1, 0.15) is 11.5 Å². The summed E-state index contributed by atoms with van der Waals surface area (Å²) in [6.45, 7) is 4.41. The molecule has 0 unspecified atom stereocenters. The molecule has 2 aromatic rings. The number of carbonyl (C=O) groups excluding carboxylic acids is 1. The number of hydrogen-bond acceptors (Lipinski definition) is 4. The molecule has 1 heterocycles. The molecule has 1 aromatic heterocycles. The molecule has 1 amide bonds. The Bertz CT molecular complexity index is 598. The molecule has 118 valence electrons. The predicted molar refractivity (Wildman–Crippen MR) is 84.0 cm³/mol. The molecule has 0 saturated carbocycles. The second kappa shape index (κ2) is 7.64. The van der Waals surface area contributed by atoms with Crippen molar-refractivity contribution in [2.24, 2.45) is 0 Å². The van der Waals surface area contributed by atoms with E-state index in [1.807, 2.05) is 38.1 Å². The molecular weight excluding hydrogens is 280 g/mol. The summed E-state index contributed by atoms with van der Waals surface area (Å²) in [5.41, 5.74) is 3.10. The predicted octanol–water partition coefficient (Wildman–Crippen LogP) is 2.59. The Labute approximate surface area is 130 Å². The number of aryl methyl sites for hydroxylation is 3. The maximum absolute atomic E-state index is 11.9. The summed E-state index contributed by atoms with van der Waals surface area (Å²) in [6, 6.07) is 7.78. The van der Waals surface area contributed by atoms with Crippen molar-refractivity contribution >= 4 is 5.91 Å². The maximum atomic E-state index is 11.9. The van der Waals surface area contributed by atoms with E-state index in [0.717, 1.165) is 41.2 Å². The number of carbonyl (C=O) groups is 1. The monoisotopic (exact) mass is 302 g/mol. The van der Waals surface area contributed by atoms with E-state index in [0.29, 0.717) is 13.0 Å². The summed E-state index contributed by atoms with van der Waals surface area (Å²) < 4.78 is 10.2. The third-order valence-corrected chi connectivity index (χ3v) is 3.68. The van der Waals surface area contributed by atoms with Gasteiger partial charge in [-0.15, -0.1) is 0 Å². The SMILES string of the molecule is COc1ccc(CCC(=O)NCCc2c(C)noc2C)cc1. The van der Waals surface area contributed by atoms with Gasteiger partial charge >= 0.3 is 0 Å². The lowest BCUT2D eigenvalue weighted by molar-refractivity contribution is -0.121. The minimum atomic E-state index is 0.0579. The van der Waals surface area contributed by atoms with E-state index < -0.39 is 0 Å². The molecule has 0 atom stereocenters. The Morgan fingerprint density at radius 1 is 1.23 bits per heavy atom. The molecule has 5 nitrogen and oxygen atoms in total. The second-order valence-electron chi connectivity index (χ2n) is 5.25. The minimum absolute atomic E-state index is 0.0579. The fraction of sp³-hybridized carbons (Fsp3) is 0.412. The lowest BCUT2D eigenvalue weighted by Gasteiger charge is -2.06. The molecule has 0 aliphatic carbocycles. The number of benzene rings is 1. The summed E-state index contributed by atoms with van der Waals surface area (Å²) in [4.78, 5) is 11.9. The zero-order valence-electron chi connectivity index (χ0n) is 13.3. The van der Waals surface area contributed by atoms with Crippen LogP contribution in [0.5, 0.6) is 5.75 Å². The van der Waals surface area contributed by atoms with Crippen LogP contribution in [-0.4, -0.2) is 24.7 Å². The number of amides is 1. The number of rotatable bonds is 7. The van der Waals surface area contributed by atoms with Crippen molar-refractivity contribution in [3.05, 3.63) is 46.8 Å². The number of aromatic nitrogens is 1. The van der Waals surface area contributed by atoms with Gasteiger partial charge in [0.15, 0.2) is 0 Å². The summed E-state index contributed by atoms with van der Waals surface area (Å²) in [6.07, 6.45) is 1.95. The molecule has 1 aromatic carbocycles. The van der Waals surface area contributed by atoms with Crippen molar-refractivity contribution in [1.82, 2.24) is 10.5 Å². The van der Waals surface area contributed by atoms with E-state index in [4.69, 9.17) is 9.26 Å². The van der Waals surface area contributed by atoms with Crippen molar-refractivity contribution in [2.45, 2.75) is 33.1 Å². The molecule has 0 spiro atoms. The molecule has 0 aliphatic rings. The van der Waals surface area contributed by atoms with Gasteiger partial charge in [0.2, 0.25) is 5.91 Å². The standard InChI is InChI=1S/C17H22N2O3/c1-12-16(13(2)22-19-12)10-11-18-17(20)9-6-14-4-7-15(21-3)8-5-14/h4-5,7-8H,6,9-11H2,1-3H3,(H,18,20). The zero-order valence-corrected chi connectivity index (χ0v) is 13.3. The van der Waals surface area contributed by atoms with E-state index in [9.17, 15) is 4.79 Å². The summed E-state index contributed by atoms with van der Waals surface area (Å²) in [5.74, 6) is 1.71. The highest BCUT2D eigenvalue weighted by Gasteiger charge is 2.09. The molecule has 2 rings (SSSR count). The Morgan fingerprint density at radius 2 is 1.95 bits per heavy atom. The number of hydrogen-bond donors (Lipinski definition) is 1. The van der Waals surface area contributed by atoms with Crippen molar-refractivity contribution < 1.29 is 14.1 Å². The Kier molecular flexibility index (Phi) is 5.58.